The van der Waals surface area contributed by atoms with Crippen molar-refractivity contribution in [3.8, 4) is 0 Å². The van der Waals surface area contributed by atoms with E-state index in [0.29, 0.717) is 6.42 Å². The molecule has 0 amide bonds. The van der Waals surface area contributed by atoms with Crippen molar-refractivity contribution in [3.05, 3.63) is 0 Å². The van der Waals surface area contributed by atoms with Gasteiger partial charge in [0.1, 0.15) is 7.22 Å². The van der Waals surface area contributed by atoms with E-state index < -0.39 is 15.5 Å². The first-order valence-electron chi connectivity index (χ1n) is 4.96. The highest BCUT2D eigenvalue weighted by atomic mass is 32.4. The van der Waals surface area contributed by atoms with Crippen LogP contribution in [0.5, 0.6) is 0 Å². The molecule has 0 aromatic heterocycles. The molecule has 0 bridgehead atoms. The molecule has 84 valence electrons. The lowest BCUT2D eigenvalue weighted by Gasteiger charge is -2.18. The molecule has 5 heteroatoms. The molecule has 0 aromatic carbocycles. The van der Waals surface area contributed by atoms with Crippen molar-refractivity contribution in [1.82, 2.24) is 0 Å². The van der Waals surface area contributed by atoms with Crippen LogP contribution >= 0.6 is 11.2 Å². The smallest absolute Gasteiger partial charge is 0.293 e. The first-order chi connectivity index (χ1) is 6.10. The Balaban J connectivity index is 3.66. The van der Waals surface area contributed by atoms with E-state index in [1.165, 1.54) is 0 Å². The van der Waals surface area contributed by atoms with Crippen LogP contribution in [0.15, 0.2) is 0 Å². The third kappa shape index (κ3) is 10.3. The molecule has 0 heterocycles. The zero-order chi connectivity index (χ0) is 11.4. The zero-order valence-electron chi connectivity index (χ0n) is 10.1. The molecule has 0 fully saturated rings. The summed E-state index contributed by atoms with van der Waals surface area (Å²) in [6, 6.07) is 0. The van der Waals surface area contributed by atoms with Crippen molar-refractivity contribution in [1.29, 1.82) is 0 Å². The highest BCUT2D eigenvalue weighted by Gasteiger charge is 2.20. The fourth-order valence-electron chi connectivity index (χ4n) is 0.833. The fourth-order valence-corrected chi connectivity index (χ4v) is 4.64. The van der Waals surface area contributed by atoms with Crippen LogP contribution in [0.2, 0.25) is 39.3 Å². The Labute approximate surface area is 93.6 Å². The molecule has 0 radical (unpaired) electrons. The van der Waals surface area contributed by atoms with Crippen LogP contribution < -0.4 is 0 Å². The average molecular weight is 251 g/mol. The Bertz CT molecular complexity index is 194. The van der Waals surface area contributed by atoms with Crippen molar-refractivity contribution in [2.24, 2.45) is 0 Å². The van der Waals surface area contributed by atoms with E-state index in [4.69, 9.17) is 4.43 Å². The predicted molar refractivity (Wildman–Crippen MR) is 69.9 cm³/mol. The van der Waals surface area contributed by atoms with E-state index in [0.717, 1.165) is 5.75 Å². The van der Waals surface area contributed by atoms with Crippen LogP contribution in [0.4, 0.5) is 0 Å². The minimum atomic E-state index is -1.66. The summed E-state index contributed by atoms with van der Waals surface area (Å²) < 4.78 is 5.35. The molecule has 2 nitrogen and oxygen atoms in total. The van der Waals surface area contributed by atoms with Crippen molar-refractivity contribution in [2.75, 3.05) is 5.75 Å². The van der Waals surface area contributed by atoms with Crippen LogP contribution in [0, 0.1) is 0 Å². The lowest BCUT2D eigenvalue weighted by atomic mass is 10.5. The summed E-state index contributed by atoms with van der Waals surface area (Å²) in [5.74, 6) is 0.897. The standard InChI is InChI=1S/C9H22O2SSi2/c1-13(2,3)11-9(10)7-8-12-14(4,5)6/h7-8H2,1-6H3. The minimum Gasteiger partial charge on any atom is -0.520 e. The second-order valence-electron chi connectivity index (χ2n) is 5.30. The van der Waals surface area contributed by atoms with Crippen LogP contribution in [0.1, 0.15) is 6.42 Å². The number of rotatable bonds is 5. The van der Waals surface area contributed by atoms with E-state index in [1.54, 1.807) is 0 Å². The molecule has 0 saturated heterocycles. The van der Waals surface area contributed by atoms with Crippen LogP contribution in [0.25, 0.3) is 0 Å². The third-order valence-corrected chi connectivity index (χ3v) is 6.59. The van der Waals surface area contributed by atoms with E-state index in [9.17, 15) is 4.79 Å². The first-order valence-corrected chi connectivity index (χ1v) is 13.6. The molecule has 0 N–H and O–H groups in total. The molecule has 14 heavy (non-hydrogen) atoms. The molecule has 0 aliphatic heterocycles. The molecular formula is C9H22O2SSi2. The molecule has 0 spiro atoms. The lowest BCUT2D eigenvalue weighted by molar-refractivity contribution is -0.134. The first kappa shape index (κ1) is 14.3. The van der Waals surface area contributed by atoms with Gasteiger partial charge < -0.3 is 4.43 Å². The molecule has 0 rings (SSSR count). The molecule has 0 unspecified atom stereocenters. The maximum absolute atomic E-state index is 11.4. The molecule has 0 saturated carbocycles. The summed E-state index contributed by atoms with van der Waals surface area (Å²) in [6.07, 6.45) is 0.569. The maximum Gasteiger partial charge on any atom is 0.293 e. The van der Waals surface area contributed by atoms with Gasteiger partial charge in [0.25, 0.3) is 5.97 Å². The quantitative estimate of drug-likeness (QED) is 0.700. The van der Waals surface area contributed by atoms with Crippen molar-refractivity contribution < 1.29 is 9.22 Å². The Hall–Kier alpha value is 0.254. The highest BCUT2D eigenvalue weighted by molar-refractivity contribution is 8.28. The number of carbonyl (C=O) groups is 1. The summed E-state index contributed by atoms with van der Waals surface area (Å²) in [7, 11) is -2.73. The largest absolute Gasteiger partial charge is 0.520 e. The molecule has 0 aliphatic rings. The minimum absolute atomic E-state index is 0.0186. The van der Waals surface area contributed by atoms with Crippen molar-refractivity contribution >= 4 is 32.7 Å². The van der Waals surface area contributed by atoms with Crippen LogP contribution in [-0.4, -0.2) is 27.3 Å². The van der Waals surface area contributed by atoms with E-state index >= 15 is 0 Å². The van der Waals surface area contributed by atoms with Gasteiger partial charge in [-0.15, -0.1) is 0 Å². The Morgan fingerprint density at radius 3 is 2.00 bits per heavy atom. The molecule has 0 aromatic rings. The number of hydrogen-bond acceptors (Lipinski definition) is 3. The summed E-state index contributed by atoms with van der Waals surface area (Å²) in [4.78, 5) is 11.4. The lowest BCUT2D eigenvalue weighted by Crippen LogP contribution is -2.29. The second-order valence-corrected chi connectivity index (χ2v) is 19.2. The SMILES string of the molecule is C[Si](C)(C)OC(=O)CCS[Si](C)(C)C. The monoisotopic (exact) mass is 250 g/mol. The summed E-state index contributed by atoms with van der Waals surface area (Å²) in [5, 5.41) is 0. The van der Waals surface area contributed by atoms with Crippen LogP contribution in [-0.2, 0) is 9.22 Å². The Morgan fingerprint density at radius 1 is 1.14 bits per heavy atom. The number of carbonyl (C=O) groups excluding carboxylic acids is 1. The summed E-state index contributed by atoms with van der Waals surface area (Å²) in [5.41, 5.74) is 0. The highest BCUT2D eigenvalue weighted by Crippen LogP contribution is 2.20. The number of hydrogen-bond donors (Lipinski definition) is 0. The topological polar surface area (TPSA) is 26.3 Å². The van der Waals surface area contributed by atoms with Gasteiger partial charge in [0, 0.05) is 0 Å². The van der Waals surface area contributed by atoms with Gasteiger partial charge in [-0.1, -0.05) is 19.6 Å². The third-order valence-electron chi connectivity index (χ3n) is 1.26. The summed E-state index contributed by atoms with van der Waals surface area (Å²) >= 11 is 1.94. The van der Waals surface area contributed by atoms with E-state index in [2.05, 4.69) is 19.6 Å². The maximum atomic E-state index is 11.4. The zero-order valence-corrected chi connectivity index (χ0v) is 13.0. The summed E-state index contributed by atoms with van der Waals surface area (Å²) in [6.45, 7) is 13.0. The van der Waals surface area contributed by atoms with E-state index in [-0.39, 0.29) is 5.97 Å². The van der Waals surface area contributed by atoms with Gasteiger partial charge >= 0.3 is 0 Å². The second kappa shape index (κ2) is 5.37. The Morgan fingerprint density at radius 2 is 1.64 bits per heavy atom. The fraction of sp³-hybridized carbons (Fsp3) is 0.889. The Kier molecular flexibility index (Phi) is 5.47. The van der Waals surface area contributed by atoms with Gasteiger partial charge in [0.15, 0.2) is 0 Å². The van der Waals surface area contributed by atoms with E-state index in [1.807, 2.05) is 30.9 Å². The van der Waals surface area contributed by atoms with Crippen LogP contribution in [0.3, 0.4) is 0 Å². The van der Waals surface area contributed by atoms with Gasteiger partial charge in [-0.3, -0.25) is 4.79 Å². The van der Waals surface area contributed by atoms with Gasteiger partial charge in [-0.05, 0) is 25.4 Å². The van der Waals surface area contributed by atoms with Gasteiger partial charge in [0.2, 0.25) is 8.32 Å². The molecule has 0 atom stereocenters. The van der Waals surface area contributed by atoms with Gasteiger partial charge in [0.05, 0.1) is 6.42 Å². The normalized spacial score (nSPS) is 12.7. The van der Waals surface area contributed by atoms with Gasteiger partial charge in [-0.2, -0.15) is 11.2 Å². The molecular weight excluding hydrogens is 228 g/mol. The molecule has 0 aliphatic carbocycles. The predicted octanol–water partition coefficient (Wildman–Crippen LogP) is 3.32. The van der Waals surface area contributed by atoms with Gasteiger partial charge in [-0.25, -0.2) is 0 Å². The average Bonchev–Trinajstić information content (AvgIpc) is 1.78. The van der Waals surface area contributed by atoms with Crippen molar-refractivity contribution in [2.45, 2.75) is 45.7 Å². The van der Waals surface area contributed by atoms with Crippen molar-refractivity contribution in [3.63, 3.8) is 0 Å².